The molecule has 0 saturated heterocycles. The minimum Gasteiger partial charge on any atom is -0.326 e. The van der Waals surface area contributed by atoms with E-state index in [9.17, 15) is 18.5 Å². The van der Waals surface area contributed by atoms with E-state index in [2.05, 4.69) is 26.1 Å². The number of amides is 1. The Balaban J connectivity index is 1.32. The van der Waals surface area contributed by atoms with Gasteiger partial charge in [-0.3, -0.25) is 4.79 Å². The Morgan fingerprint density at radius 1 is 1.08 bits per heavy atom. The second-order valence-corrected chi connectivity index (χ2v) is 11.5. The summed E-state index contributed by atoms with van der Waals surface area (Å²) in [6.07, 6.45) is 8.22. The molecular weight excluding hydrogens is 508 g/mol. The van der Waals surface area contributed by atoms with Crippen molar-refractivity contribution in [2.45, 2.75) is 61.8 Å². The molecule has 0 radical (unpaired) electrons. The molecule has 192 valence electrons. The number of aromatic nitrogens is 3. The molecule has 1 aromatic carbocycles. The van der Waals surface area contributed by atoms with Crippen molar-refractivity contribution in [3.8, 4) is 6.07 Å². The summed E-state index contributed by atoms with van der Waals surface area (Å²) in [5, 5.41) is 13.0. The first-order chi connectivity index (χ1) is 17.8. The smallest absolute Gasteiger partial charge is 0.264 e. The summed E-state index contributed by atoms with van der Waals surface area (Å²) in [7, 11) is -3.86. The van der Waals surface area contributed by atoms with Gasteiger partial charge in [-0.2, -0.15) is 5.26 Å². The highest BCUT2D eigenvalue weighted by Crippen LogP contribution is 2.27. The van der Waals surface area contributed by atoms with Crippen molar-refractivity contribution in [2.75, 3.05) is 15.8 Å². The lowest BCUT2D eigenvalue weighted by Gasteiger charge is -2.15. The first-order valence-corrected chi connectivity index (χ1v) is 14.6. The monoisotopic (exact) mass is 536 g/mol. The molecule has 1 aliphatic carbocycles. The third kappa shape index (κ3) is 7.27. The number of aryl methyl sites for hydroxylation is 3. The maximum atomic E-state index is 12.6. The van der Waals surface area contributed by atoms with Crippen LogP contribution in [0.4, 0.5) is 11.6 Å². The summed E-state index contributed by atoms with van der Waals surface area (Å²) in [5.74, 6) is 0.257. The summed E-state index contributed by atoms with van der Waals surface area (Å²) < 4.78 is 27.5. The van der Waals surface area contributed by atoms with Gasteiger partial charge in [0.15, 0.2) is 0 Å². The predicted octanol–water partition coefficient (Wildman–Crippen LogP) is 4.63. The van der Waals surface area contributed by atoms with E-state index in [-0.39, 0.29) is 23.2 Å². The molecule has 3 aromatic rings. The Kier molecular flexibility index (Phi) is 8.74. The summed E-state index contributed by atoms with van der Waals surface area (Å²) >= 11 is 1.41. The van der Waals surface area contributed by atoms with Crippen LogP contribution in [0, 0.1) is 18.3 Å². The molecule has 2 aromatic heterocycles. The van der Waals surface area contributed by atoms with E-state index in [0.717, 1.165) is 31.4 Å². The maximum Gasteiger partial charge on any atom is 0.264 e. The van der Waals surface area contributed by atoms with Crippen molar-refractivity contribution < 1.29 is 13.2 Å². The largest absolute Gasteiger partial charge is 0.326 e. The van der Waals surface area contributed by atoms with Crippen LogP contribution in [0.5, 0.6) is 0 Å². The Bertz CT molecular complexity index is 1420. The topological polar surface area (TPSA) is 138 Å². The Morgan fingerprint density at radius 2 is 1.84 bits per heavy atom. The summed E-state index contributed by atoms with van der Waals surface area (Å²) in [6.45, 7) is 1.74. The van der Waals surface area contributed by atoms with Gasteiger partial charge in [0.25, 0.3) is 10.0 Å². The van der Waals surface area contributed by atoms with Crippen LogP contribution in [0.15, 0.2) is 52.5 Å². The predicted molar refractivity (Wildman–Crippen MR) is 143 cm³/mol. The molecule has 0 spiro atoms. The number of nitriles is 1. The van der Waals surface area contributed by atoms with E-state index in [0.29, 0.717) is 27.7 Å². The average Bonchev–Trinajstić information content (AvgIpc) is 2.85. The molecule has 0 atom stereocenters. The lowest BCUT2D eigenvalue weighted by Crippen LogP contribution is -2.16. The molecular formula is C26H28N6O3S2. The van der Waals surface area contributed by atoms with Crippen LogP contribution in [-0.4, -0.2) is 35.0 Å². The number of nitrogens with one attached hydrogen (secondary N) is 2. The number of anilines is 2. The van der Waals surface area contributed by atoms with E-state index >= 15 is 0 Å². The highest BCUT2D eigenvalue weighted by atomic mass is 32.2. The van der Waals surface area contributed by atoms with Gasteiger partial charge >= 0.3 is 0 Å². The number of carbonyl (C=O) groups excluding carboxylic acids is 1. The lowest BCUT2D eigenvalue weighted by atomic mass is 9.96. The van der Waals surface area contributed by atoms with Crippen LogP contribution in [0.25, 0.3) is 0 Å². The molecule has 0 saturated carbocycles. The second-order valence-electron chi connectivity index (χ2n) is 8.77. The zero-order valence-corrected chi connectivity index (χ0v) is 22.2. The number of thioether (sulfide) groups is 1. The van der Waals surface area contributed by atoms with Gasteiger partial charge in [-0.15, -0.1) is 11.8 Å². The van der Waals surface area contributed by atoms with Crippen LogP contribution in [0.2, 0.25) is 0 Å². The van der Waals surface area contributed by atoms with Crippen LogP contribution < -0.4 is 10.0 Å². The number of hydrogen-bond acceptors (Lipinski definition) is 8. The van der Waals surface area contributed by atoms with Crippen molar-refractivity contribution in [3.63, 3.8) is 0 Å². The molecule has 37 heavy (non-hydrogen) atoms. The fourth-order valence-corrected chi connectivity index (χ4v) is 5.88. The minimum absolute atomic E-state index is 0.00564. The highest BCUT2D eigenvalue weighted by molar-refractivity contribution is 7.99. The van der Waals surface area contributed by atoms with Gasteiger partial charge in [-0.05, 0) is 74.6 Å². The maximum absolute atomic E-state index is 12.6. The molecule has 2 N–H and O–H groups in total. The van der Waals surface area contributed by atoms with E-state index in [1.54, 1.807) is 13.0 Å². The van der Waals surface area contributed by atoms with Gasteiger partial charge in [0.1, 0.15) is 11.1 Å². The molecule has 1 amide bonds. The summed E-state index contributed by atoms with van der Waals surface area (Å²) in [4.78, 5) is 25.2. The molecule has 0 fully saturated rings. The zero-order valence-electron chi connectivity index (χ0n) is 20.5. The molecule has 0 unspecified atom stereocenters. The lowest BCUT2D eigenvalue weighted by molar-refractivity contribution is -0.115. The molecule has 11 heteroatoms. The minimum atomic E-state index is -3.86. The van der Waals surface area contributed by atoms with Gasteiger partial charge < -0.3 is 5.32 Å². The summed E-state index contributed by atoms with van der Waals surface area (Å²) in [6, 6.07) is 11.8. The number of rotatable bonds is 8. The van der Waals surface area contributed by atoms with Crippen molar-refractivity contribution in [1.29, 1.82) is 5.26 Å². The summed E-state index contributed by atoms with van der Waals surface area (Å²) in [5.41, 5.74) is 3.93. The number of fused-ring (bicyclic) bond motifs is 1. The third-order valence-electron chi connectivity index (χ3n) is 5.92. The van der Waals surface area contributed by atoms with Gasteiger partial charge in [0, 0.05) is 35.4 Å². The number of nitrogens with zero attached hydrogens (tertiary/aromatic N) is 4. The van der Waals surface area contributed by atoms with Crippen LogP contribution in [0.1, 0.15) is 54.6 Å². The molecule has 0 bridgehead atoms. The van der Waals surface area contributed by atoms with Crippen LogP contribution in [-0.2, 0) is 27.7 Å². The van der Waals surface area contributed by atoms with E-state index in [1.165, 1.54) is 60.6 Å². The molecule has 2 heterocycles. The van der Waals surface area contributed by atoms with Crippen molar-refractivity contribution in [1.82, 2.24) is 15.0 Å². The molecule has 4 rings (SSSR count). The quantitative estimate of drug-likeness (QED) is 0.397. The number of hydrogen-bond donors (Lipinski definition) is 2. The van der Waals surface area contributed by atoms with E-state index in [1.807, 2.05) is 6.07 Å². The Morgan fingerprint density at radius 3 is 2.57 bits per heavy atom. The normalized spacial score (nSPS) is 13.5. The Hall–Kier alpha value is -3.49. The van der Waals surface area contributed by atoms with Crippen LogP contribution >= 0.6 is 11.8 Å². The highest BCUT2D eigenvalue weighted by Gasteiger charge is 2.17. The molecule has 1 aliphatic rings. The number of sulfonamides is 1. The fourth-order valence-electron chi connectivity index (χ4n) is 4.02. The fraction of sp³-hybridized carbons (Fsp3) is 0.346. The standard InChI is InChI=1S/C26H28N6O3S2/c1-18-12-14-28-26(29-18)32-37(34,35)22-10-8-21(9-11-22)30-24(33)13-15-36-25-20(17-27)16-19-6-4-2-3-5-7-23(19)31-25/h8-12,14,16H,2-7,13,15H2,1H3,(H,30,33)(H,28,29,32). The Labute approximate surface area is 221 Å². The van der Waals surface area contributed by atoms with E-state index < -0.39 is 10.0 Å². The first kappa shape index (κ1) is 26.6. The van der Waals surface area contributed by atoms with Crippen LogP contribution in [0.3, 0.4) is 0 Å². The van der Waals surface area contributed by atoms with E-state index in [4.69, 9.17) is 4.98 Å². The van der Waals surface area contributed by atoms with Gasteiger partial charge in [-0.25, -0.2) is 28.1 Å². The van der Waals surface area contributed by atoms with Crippen molar-refractivity contribution in [2.24, 2.45) is 0 Å². The second kappa shape index (κ2) is 12.2. The SMILES string of the molecule is Cc1ccnc(NS(=O)(=O)c2ccc(NC(=O)CCSc3nc4c(cc3C#N)CCCCCC4)cc2)n1. The molecule has 9 nitrogen and oxygen atoms in total. The van der Waals surface area contributed by atoms with Gasteiger partial charge in [-0.1, -0.05) is 12.8 Å². The van der Waals surface area contributed by atoms with Gasteiger partial charge in [0.05, 0.1) is 10.5 Å². The average molecular weight is 537 g/mol. The third-order valence-corrected chi connectivity index (χ3v) is 8.26. The number of carbonyl (C=O) groups is 1. The molecule has 0 aliphatic heterocycles. The number of pyridine rings is 1. The zero-order chi connectivity index (χ0) is 26.3. The number of benzene rings is 1. The van der Waals surface area contributed by atoms with Crippen molar-refractivity contribution in [3.05, 3.63) is 65.1 Å². The van der Waals surface area contributed by atoms with Crippen molar-refractivity contribution >= 4 is 39.3 Å². The first-order valence-electron chi connectivity index (χ1n) is 12.1. The van der Waals surface area contributed by atoms with Gasteiger partial charge in [0.2, 0.25) is 11.9 Å².